The SMILES string of the molecule is COC(=O)C(CCOC1CC(CCc2ccc3c(n2)NCCC3)C1)NC(=O)OC1(C)CN(C(C)=O)C1. The number of aryl methyl sites for hydroxylation is 2. The number of methoxy groups -OCH3 is 1. The van der Waals surface area contributed by atoms with Gasteiger partial charge in [-0.2, -0.15) is 0 Å². The molecule has 2 N–H and O–H groups in total. The predicted molar refractivity (Wildman–Crippen MR) is 133 cm³/mol. The third-order valence-electron chi connectivity index (χ3n) is 7.33. The van der Waals surface area contributed by atoms with Crippen LogP contribution in [0.3, 0.4) is 0 Å². The summed E-state index contributed by atoms with van der Waals surface area (Å²) >= 11 is 0. The third-order valence-corrected chi connectivity index (χ3v) is 7.33. The molecule has 0 aromatic carbocycles. The number of nitrogens with one attached hydrogen (secondary N) is 2. The van der Waals surface area contributed by atoms with Crippen molar-refractivity contribution in [2.24, 2.45) is 5.92 Å². The second-order valence-electron chi connectivity index (χ2n) is 10.4. The Morgan fingerprint density at radius 2 is 2.06 bits per heavy atom. The number of amides is 2. The van der Waals surface area contributed by atoms with Gasteiger partial charge >= 0.3 is 12.1 Å². The van der Waals surface area contributed by atoms with Crippen LogP contribution in [0.15, 0.2) is 12.1 Å². The number of ether oxygens (including phenoxy) is 3. The van der Waals surface area contributed by atoms with Crippen molar-refractivity contribution in [1.82, 2.24) is 15.2 Å². The first-order valence-corrected chi connectivity index (χ1v) is 12.9. The van der Waals surface area contributed by atoms with E-state index in [4.69, 9.17) is 19.2 Å². The Labute approximate surface area is 212 Å². The standard InChI is InChI=1S/C26H38N4O6/c1-17(31)30-15-26(2,16-30)36-25(33)29-22(24(32)34-3)10-12-35-21-13-18(14-21)6-8-20-9-7-19-5-4-11-27-23(19)28-20/h7,9,18,21-22H,4-6,8,10-16H2,1-3H3,(H,27,28)(H,29,33). The fourth-order valence-corrected chi connectivity index (χ4v) is 5.09. The molecule has 3 aliphatic rings. The molecular formula is C26H38N4O6. The van der Waals surface area contributed by atoms with Gasteiger partial charge in [0, 0.05) is 32.2 Å². The molecule has 36 heavy (non-hydrogen) atoms. The van der Waals surface area contributed by atoms with Crippen molar-refractivity contribution in [3.63, 3.8) is 0 Å². The quantitative estimate of drug-likeness (QED) is 0.469. The molecule has 1 unspecified atom stereocenters. The Morgan fingerprint density at radius 1 is 1.28 bits per heavy atom. The second-order valence-corrected chi connectivity index (χ2v) is 10.4. The zero-order chi connectivity index (χ0) is 25.7. The molecule has 10 nitrogen and oxygen atoms in total. The van der Waals surface area contributed by atoms with Gasteiger partial charge in [-0.25, -0.2) is 14.6 Å². The molecule has 0 bridgehead atoms. The summed E-state index contributed by atoms with van der Waals surface area (Å²) in [6, 6.07) is 3.49. The number of hydrogen-bond acceptors (Lipinski definition) is 8. The Kier molecular flexibility index (Phi) is 8.33. The van der Waals surface area contributed by atoms with Crippen molar-refractivity contribution in [2.75, 3.05) is 38.7 Å². The summed E-state index contributed by atoms with van der Waals surface area (Å²) in [6.07, 6.45) is 6.07. The summed E-state index contributed by atoms with van der Waals surface area (Å²) in [7, 11) is 1.28. The van der Waals surface area contributed by atoms with Crippen LogP contribution in [0.4, 0.5) is 10.6 Å². The monoisotopic (exact) mass is 502 g/mol. The minimum absolute atomic E-state index is 0.0631. The largest absolute Gasteiger partial charge is 0.467 e. The highest BCUT2D eigenvalue weighted by atomic mass is 16.6. The van der Waals surface area contributed by atoms with E-state index in [1.165, 1.54) is 26.0 Å². The molecule has 4 rings (SSSR count). The lowest BCUT2D eigenvalue weighted by Crippen LogP contribution is -2.64. The zero-order valence-corrected chi connectivity index (χ0v) is 21.5. The molecular weight excluding hydrogens is 464 g/mol. The van der Waals surface area contributed by atoms with Gasteiger partial charge in [-0.3, -0.25) is 4.79 Å². The Bertz CT molecular complexity index is 958. The van der Waals surface area contributed by atoms with Crippen LogP contribution in [0.25, 0.3) is 0 Å². The maximum atomic E-state index is 12.3. The van der Waals surface area contributed by atoms with Crippen LogP contribution in [0.5, 0.6) is 0 Å². The van der Waals surface area contributed by atoms with Crippen LogP contribution < -0.4 is 10.6 Å². The van der Waals surface area contributed by atoms with Crippen molar-refractivity contribution in [3.05, 3.63) is 23.4 Å². The van der Waals surface area contributed by atoms with E-state index in [0.717, 1.165) is 50.2 Å². The minimum Gasteiger partial charge on any atom is -0.467 e. The Morgan fingerprint density at radius 3 is 2.78 bits per heavy atom. The number of fused-ring (bicyclic) bond motifs is 1. The highest BCUT2D eigenvalue weighted by Crippen LogP contribution is 2.34. The van der Waals surface area contributed by atoms with Crippen molar-refractivity contribution < 1.29 is 28.6 Å². The molecule has 10 heteroatoms. The average molecular weight is 503 g/mol. The number of alkyl carbamates (subject to hydrolysis) is 1. The molecule has 2 aliphatic heterocycles. The molecule has 3 heterocycles. The number of hydrogen-bond donors (Lipinski definition) is 2. The van der Waals surface area contributed by atoms with Crippen molar-refractivity contribution >= 4 is 23.8 Å². The lowest BCUT2D eigenvalue weighted by molar-refractivity contribution is -0.151. The summed E-state index contributed by atoms with van der Waals surface area (Å²) in [4.78, 5) is 42.2. The number of carbonyl (C=O) groups is 3. The number of pyridine rings is 1. The normalized spacial score (nSPS) is 22.7. The summed E-state index contributed by atoms with van der Waals surface area (Å²) < 4.78 is 16.2. The van der Waals surface area contributed by atoms with Crippen LogP contribution in [0.1, 0.15) is 57.2 Å². The van der Waals surface area contributed by atoms with Gasteiger partial charge in [0.1, 0.15) is 17.5 Å². The van der Waals surface area contributed by atoms with Gasteiger partial charge in [0.15, 0.2) is 0 Å². The fraction of sp³-hybridized carbons (Fsp3) is 0.692. The van der Waals surface area contributed by atoms with Crippen LogP contribution in [0, 0.1) is 5.92 Å². The van der Waals surface area contributed by atoms with E-state index in [0.29, 0.717) is 32.0 Å². The van der Waals surface area contributed by atoms with Gasteiger partial charge in [-0.05, 0) is 63.0 Å². The van der Waals surface area contributed by atoms with E-state index in [1.54, 1.807) is 11.8 Å². The molecule has 1 saturated heterocycles. The van der Waals surface area contributed by atoms with Crippen LogP contribution in [-0.2, 0) is 36.6 Å². The molecule has 1 saturated carbocycles. The van der Waals surface area contributed by atoms with E-state index < -0.39 is 23.7 Å². The minimum atomic E-state index is -0.852. The fourth-order valence-electron chi connectivity index (χ4n) is 5.09. The molecule has 2 fully saturated rings. The zero-order valence-electron chi connectivity index (χ0n) is 21.5. The van der Waals surface area contributed by atoms with Crippen LogP contribution in [0.2, 0.25) is 0 Å². The number of esters is 1. The Hall–Kier alpha value is -2.88. The van der Waals surface area contributed by atoms with Crippen molar-refractivity contribution in [1.29, 1.82) is 0 Å². The number of carbonyl (C=O) groups excluding carboxylic acids is 3. The third kappa shape index (κ3) is 6.66. The first kappa shape index (κ1) is 26.2. The number of nitrogens with zero attached hydrogens (tertiary/aromatic N) is 2. The van der Waals surface area contributed by atoms with Gasteiger partial charge < -0.3 is 29.7 Å². The van der Waals surface area contributed by atoms with Crippen molar-refractivity contribution in [3.8, 4) is 0 Å². The lowest BCUT2D eigenvalue weighted by atomic mass is 9.79. The molecule has 0 spiro atoms. The molecule has 1 aromatic rings. The summed E-state index contributed by atoms with van der Waals surface area (Å²) in [5, 5.41) is 5.98. The first-order valence-electron chi connectivity index (χ1n) is 12.9. The van der Waals surface area contributed by atoms with Gasteiger partial charge in [0.2, 0.25) is 5.91 Å². The maximum absolute atomic E-state index is 12.3. The number of anilines is 1. The maximum Gasteiger partial charge on any atom is 0.408 e. The number of likely N-dealkylation sites (tertiary alicyclic amines) is 1. The highest BCUT2D eigenvalue weighted by Gasteiger charge is 2.44. The topological polar surface area (TPSA) is 119 Å². The van der Waals surface area contributed by atoms with Gasteiger partial charge in [0.25, 0.3) is 0 Å². The first-order chi connectivity index (χ1) is 17.2. The van der Waals surface area contributed by atoms with E-state index in [2.05, 4.69) is 22.8 Å². The van der Waals surface area contributed by atoms with E-state index in [-0.39, 0.29) is 12.0 Å². The smallest absolute Gasteiger partial charge is 0.408 e. The van der Waals surface area contributed by atoms with E-state index >= 15 is 0 Å². The highest BCUT2D eigenvalue weighted by molar-refractivity contribution is 5.81. The van der Waals surface area contributed by atoms with E-state index in [9.17, 15) is 14.4 Å². The Balaban J connectivity index is 1.13. The predicted octanol–water partition coefficient (Wildman–Crippen LogP) is 2.45. The molecule has 1 aromatic heterocycles. The summed E-state index contributed by atoms with van der Waals surface area (Å²) in [6.45, 7) is 5.24. The molecule has 1 aliphatic carbocycles. The summed E-state index contributed by atoms with van der Waals surface area (Å²) in [5.41, 5.74) is 1.70. The van der Waals surface area contributed by atoms with Crippen LogP contribution in [-0.4, -0.2) is 79.0 Å². The number of aromatic nitrogens is 1. The lowest BCUT2D eigenvalue weighted by Gasteiger charge is -2.46. The van der Waals surface area contributed by atoms with Gasteiger partial charge in [-0.1, -0.05) is 6.07 Å². The molecule has 0 radical (unpaired) electrons. The average Bonchev–Trinajstić information content (AvgIpc) is 2.81. The summed E-state index contributed by atoms with van der Waals surface area (Å²) in [5.74, 6) is 1.05. The molecule has 198 valence electrons. The molecule has 1 atom stereocenters. The molecule has 2 amide bonds. The number of rotatable bonds is 10. The second kappa shape index (κ2) is 11.5. The van der Waals surface area contributed by atoms with Gasteiger partial charge in [0.05, 0.1) is 26.3 Å². The van der Waals surface area contributed by atoms with Crippen LogP contribution >= 0.6 is 0 Å². The van der Waals surface area contributed by atoms with E-state index in [1.807, 2.05) is 0 Å². The van der Waals surface area contributed by atoms with Crippen molar-refractivity contribution in [2.45, 2.75) is 76.5 Å². The van der Waals surface area contributed by atoms with Gasteiger partial charge in [-0.15, -0.1) is 0 Å².